The van der Waals surface area contributed by atoms with Crippen molar-refractivity contribution in [3.8, 4) is 0 Å². The number of nitrogen functional groups attached to an aromatic ring is 2. The fourth-order valence-corrected chi connectivity index (χ4v) is 11.5. The lowest BCUT2D eigenvalue weighted by molar-refractivity contribution is -0.120. The Morgan fingerprint density at radius 3 is 2.13 bits per heavy atom. The summed E-state index contributed by atoms with van der Waals surface area (Å²) in [5.74, 6) is -1.01. The lowest BCUT2D eigenvalue weighted by Crippen LogP contribution is -2.51. The number of likely N-dealkylation sites (N-methyl/N-ethyl adjacent to an activating group) is 2. The van der Waals surface area contributed by atoms with Gasteiger partial charge in [-0.1, -0.05) is 31.1 Å². The normalized spacial score (nSPS) is 25.5. The fraction of sp³-hybridized carbons (Fsp3) is 0.543. The number of benzene rings is 1. The predicted octanol–water partition coefficient (Wildman–Crippen LogP) is 1.60. The average molecular weight is 1270 g/mol. The fourth-order valence-electron chi connectivity index (χ4n) is 9.09. The van der Waals surface area contributed by atoms with Crippen molar-refractivity contribution in [1.29, 1.82) is 0 Å². The molecule has 12 N–H and O–H groups in total. The van der Waals surface area contributed by atoms with Crippen LogP contribution in [0.3, 0.4) is 0 Å². The molecule has 3 aliphatic heterocycles. The Balaban J connectivity index is 0.892. The van der Waals surface area contributed by atoms with Gasteiger partial charge in [-0.25, -0.2) is 53.2 Å². The highest BCUT2D eigenvalue weighted by Gasteiger charge is 2.55. The number of azide groups is 1. The standard InChI is InChI=1S/C46H63FN20O16P2S/c1-23(2)27(62-30(68)15-60-63-51)14-53-26(6-5-11-52-44(50)70)41(69)61-25-9-7-24(8-10-25)16-76-45(71)64(3)12-13-65(4)46(72)81-36-35-29(80-43(36)67-22-59-33-38(49)55-20-57-40(33)67)17-77-84(73,74)82-34-28(18-78-85(75,86)83-35)79-42(31(34)47)66-21-58-32-37(48)54-19-56-39(32)66/h7-10,19-23,26-29,31,34-36,42-43,53H,5-6,11-18H2,1-4H3,(H,61,69)(H,62,68)(H,73,74)(H,75,86)(H2,48,54,56)(H2,49,55,57)(H3,50,52,70)/t26-,27+,28+,29+,31+,34+,35+,36+,42+,43+,85?/m0/s1. The Labute approximate surface area is 492 Å². The summed E-state index contributed by atoms with van der Waals surface area (Å²) in [6, 6.07) is 4.54. The summed E-state index contributed by atoms with van der Waals surface area (Å²) in [7, 11) is -2.50. The Kier molecular flexibility index (Phi) is 21.2. The van der Waals surface area contributed by atoms with Gasteiger partial charge >= 0.3 is 32.8 Å². The van der Waals surface area contributed by atoms with Gasteiger partial charge in [0.2, 0.25) is 11.8 Å². The van der Waals surface area contributed by atoms with E-state index in [0.717, 1.165) is 22.1 Å². The lowest BCUT2D eigenvalue weighted by Gasteiger charge is -2.31. The summed E-state index contributed by atoms with van der Waals surface area (Å²) in [5, 5.41) is 14.6. The number of carbonyl (C=O) groups is 5. The van der Waals surface area contributed by atoms with Gasteiger partial charge in [-0.15, -0.1) is 0 Å². The number of urea groups is 1. The number of hydrogen-bond donors (Lipinski definition) is 9. The number of aromatic nitrogens is 8. The number of imidazole rings is 2. The van der Waals surface area contributed by atoms with E-state index in [1.807, 2.05) is 13.8 Å². The third kappa shape index (κ3) is 16.1. The molecule has 8 rings (SSSR count). The molecule has 0 radical (unpaired) electrons. The molecule has 3 aliphatic rings. The number of carbonyl (C=O) groups excluding carboxylic acids is 5. The second kappa shape index (κ2) is 28.3. The first-order chi connectivity index (χ1) is 40.9. The van der Waals surface area contributed by atoms with Crippen LogP contribution < -0.4 is 38.5 Å². The molecule has 7 heterocycles. The van der Waals surface area contributed by atoms with E-state index < -0.39 is 119 Å². The SMILES string of the molecule is CC(C)[C@@H](CN[C@@H](CCCNC(N)=O)C(=O)Nc1ccc(COC(=O)N(C)CCN(C)C(=O)O[C@@H]2[C@@H]3OP(O)(=S)OC[C@H]4O[C@@H](n5cnc6c(N)ncnc65)[C@H](F)[C@@H]4OP(=O)(O)OC[C@H]3O[C@H]2n2cnc3c(N)ncnc32)cc1)NC(=O)CN=[N+]=[N-]. The third-order valence-electron chi connectivity index (χ3n) is 13.7. The second-order valence-corrected chi connectivity index (χ2v) is 24.2. The molecule has 3 fully saturated rings. The molecule has 0 aliphatic carbocycles. The van der Waals surface area contributed by atoms with Gasteiger partial charge in [-0.2, -0.15) is 0 Å². The van der Waals surface area contributed by atoms with Gasteiger partial charge in [0.15, 0.2) is 47.7 Å². The number of nitrogens with zero attached hydrogens (tertiary/aromatic N) is 13. The van der Waals surface area contributed by atoms with Crippen LogP contribution in [0.1, 0.15) is 44.7 Å². The van der Waals surface area contributed by atoms with Gasteiger partial charge in [0.1, 0.15) is 61.3 Å². The zero-order chi connectivity index (χ0) is 62.0. The molecule has 1 aromatic carbocycles. The number of anilines is 3. The molecule has 0 spiro atoms. The summed E-state index contributed by atoms with van der Waals surface area (Å²) in [6.45, 7) is -2.91. The van der Waals surface area contributed by atoms with Crippen molar-refractivity contribution in [2.24, 2.45) is 16.8 Å². The molecule has 466 valence electrons. The number of fused-ring (bicyclic) bond motifs is 4. The highest BCUT2D eigenvalue weighted by atomic mass is 32.5. The van der Waals surface area contributed by atoms with Crippen molar-refractivity contribution in [2.45, 2.75) is 94.5 Å². The van der Waals surface area contributed by atoms with Gasteiger partial charge in [0.25, 0.3) is 0 Å². The van der Waals surface area contributed by atoms with E-state index in [0.29, 0.717) is 17.7 Å². The van der Waals surface area contributed by atoms with Crippen molar-refractivity contribution in [2.75, 3.05) is 76.8 Å². The van der Waals surface area contributed by atoms with Gasteiger partial charge in [-0.3, -0.25) is 32.3 Å². The maximum absolute atomic E-state index is 16.4. The van der Waals surface area contributed by atoms with Crippen LogP contribution in [-0.2, 0) is 69.6 Å². The molecule has 36 nitrogen and oxygen atoms in total. The molecule has 0 saturated carbocycles. The predicted molar refractivity (Wildman–Crippen MR) is 300 cm³/mol. The minimum absolute atomic E-state index is 0.0162. The minimum atomic E-state index is -5.27. The second-order valence-electron chi connectivity index (χ2n) is 20.0. The topological polar surface area (TPSA) is 485 Å². The number of halogens is 1. The van der Waals surface area contributed by atoms with Crippen LogP contribution in [0.4, 0.5) is 36.1 Å². The first kappa shape index (κ1) is 64.4. The summed E-state index contributed by atoms with van der Waals surface area (Å²) in [6.07, 6.45) is -10.1. The zero-order valence-electron chi connectivity index (χ0n) is 46.4. The molecule has 86 heavy (non-hydrogen) atoms. The number of nitrogens with one attached hydrogen (secondary N) is 4. The number of alkyl halides is 1. The van der Waals surface area contributed by atoms with Crippen molar-refractivity contribution in [1.82, 2.24) is 64.8 Å². The summed E-state index contributed by atoms with van der Waals surface area (Å²) in [4.78, 5) is 117. The van der Waals surface area contributed by atoms with Crippen LogP contribution in [0.25, 0.3) is 32.8 Å². The van der Waals surface area contributed by atoms with Crippen LogP contribution in [0.5, 0.6) is 0 Å². The number of amides is 6. The number of rotatable bonds is 21. The molecular formula is C46H63FN20O16P2S. The van der Waals surface area contributed by atoms with E-state index in [2.05, 4.69) is 61.2 Å². The zero-order valence-corrected chi connectivity index (χ0v) is 49.0. The van der Waals surface area contributed by atoms with Crippen molar-refractivity contribution in [3.63, 3.8) is 0 Å². The molecule has 3 saturated heterocycles. The van der Waals surface area contributed by atoms with Gasteiger partial charge in [0, 0.05) is 56.9 Å². The van der Waals surface area contributed by atoms with E-state index in [9.17, 15) is 38.3 Å². The number of phosphoric ester groups is 1. The third-order valence-corrected chi connectivity index (χ3v) is 16.2. The molecule has 4 aromatic heterocycles. The highest BCUT2D eigenvalue weighted by molar-refractivity contribution is 8.07. The Bertz CT molecular complexity index is 3400. The minimum Gasteiger partial charge on any atom is -0.445 e. The van der Waals surface area contributed by atoms with Crippen molar-refractivity contribution >= 4 is 96.0 Å². The lowest BCUT2D eigenvalue weighted by atomic mass is 10.0. The van der Waals surface area contributed by atoms with Gasteiger partial charge in [0.05, 0.1) is 31.9 Å². The molecule has 2 unspecified atom stereocenters. The Morgan fingerprint density at radius 2 is 1.50 bits per heavy atom. The molecule has 40 heteroatoms. The molecule has 6 amide bonds. The summed E-state index contributed by atoms with van der Waals surface area (Å²) < 4.78 is 78.8. The summed E-state index contributed by atoms with van der Waals surface area (Å²) in [5.41, 5.74) is 27.1. The quantitative estimate of drug-likeness (QED) is 0.0166. The average Bonchev–Trinajstić information content (AvgIpc) is 1.91. The maximum Gasteiger partial charge on any atom is 0.472 e. The molecular weight excluding hydrogens is 1200 g/mol. The van der Waals surface area contributed by atoms with Crippen LogP contribution in [0, 0.1) is 5.92 Å². The Morgan fingerprint density at radius 1 is 0.895 bits per heavy atom. The van der Waals surface area contributed by atoms with Crippen LogP contribution in [-0.4, -0.2) is 197 Å². The highest BCUT2D eigenvalue weighted by Crippen LogP contribution is 2.54. The number of phosphoric acid groups is 1. The first-order valence-corrected chi connectivity index (χ1v) is 30.4. The smallest absolute Gasteiger partial charge is 0.445 e. The van der Waals surface area contributed by atoms with E-state index in [4.69, 9.17) is 71.6 Å². The molecule has 5 aromatic rings. The monoisotopic (exact) mass is 1260 g/mol. The maximum atomic E-state index is 16.4. The number of nitrogens with two attached hydrogens (primary N) is 3. The molecule has 0 bridgehead atoms. The first-order valence-electron chi connectivity index (χ1n) is 26.3. The van der Waals surface area contributed by atoms with Gasteiger partial charge < -0.3 is 81.5 Å². The number of primary amides is 1. The van der Waals surface area contributed by atoms with E-state index in [1.54, 1.807) is 24.3 Å². The largest absolute Gasteiger partial charge is 0.472 e. The van der Waals surface area contributed by atoms with Crippen LogP contribution >= 0.6 is 14.5 Å². The van der Waals surface area contributed by atoms with E-state index in [1.165, 1.54) is 36.2 Å². The van der Waals surface area contributed by atoms with E-state index >= 15 is 4.39 Å². The molecule has 12 atom stereocenters. The number of hydrogen-bond acceptors (Lipinski definition) is 25. The van der Waals surface area contributed by atoms with Crippen molar-refractivity contribution in [3.05, 3.63) is 65.6 Å². The van der Waals surface area contributed by atoms with E-state index in [-0.39, 0.29) is 85.6 Å². The van der Waals surface area contributed by atoms with Crippen molar-refractivity contribution < 1.29 is 79.8 Å². The van der Waals surface area contributed by atoms with Crippen LogP contribution in [0.15, 0.2) is 54.7 Å². The Hall–Kier alpha value is -7.57. The number of ether oxygens (including phenoxy) is 4. The van der Waals surface area contributed by atoms with Crippen LogP contribution in [0.2, 0.25) is 0 Å². The summed E-state index contributed by atoms with van der Waals surface area (Å²) >= 11 is 5.44. The van der Waals surface area contributed by atoms with Gasteiger partial charge in [-0.05, 0) is 53.8 Å².